The van der Waals surface area contributed by atoms with E-state index < -0.39 is 0 Å². The van der Waals surface area contributed by atoms with Gasteiger partial charge in [0, 0.05) is 24.5 Å². The van der Waals surface area contributed by atoms with Crippen LogP contribution in [0.15, 0.2) is 24.3 Å². The zero-order valence-electron chi connectivity index (χ0n) is 18.3. The minimum absolute atomic E-state index is 0.245. The third kappa shape index (κ3) is 8.89. The van der Waals surface area contributed by atoms with Crippen LogP contribution in [0, 0.1) is 27.7 Å². The fraction of sp³-hybridized carbons (Fsp3) is 0.455. The highest BCUT2D eigenvalue weighted by Crippen LogP contribution is 2.09. The number of hydrogen-bond acceptors (Lipinski definition) is 4. The largest absolute Gasteiger partial charge is 0.338 e. The summed E-state index contributed by atoms with van der Waals surface area (Å²) in [6.07, 6.45) is 3.72. The molecule has 0 radical (unpaired) electrons. The second kappa shape index (κ2) is 11.7. The predicted molar refractivity (Wildman–Crippen MR) is 120 cm³/mol. The van der Waals surface area contributed by atoms with Crippen LogP contribution >= 0.6 is 0 Å². The number of pyridine rings is 2. The van der Waals surface area contributed by atoms with E-state index in [2.05, 4.69) is 31.2 Å². The molecule has 0 unspecified atom stereocenters. The molecule has 4 amide bonds. The fourth-order valence-corrected chi connectivity index (χ4v) is 3.14. The maximum absolute atomic E-state index is 11.9. The highest BCUT2D eigenvalue weighted by atomic mass is 16.2. The number of amides is 4. The summed E-state index contributed by atoms with van der Waals surface area (Å²) in [6.45, 7) is 8.93. The molecule has 8 nitrogen and oxygen atoms in total. The molecule has 0 saturated carbocycles. The van der Waals surface area contributed by atoms with E-state index in [0.717, 1.165) is 48.2 Å². The summed E-state index contributed by atoms with van der Waals surface area (Å²) in [7, 11) is 0. The molecular weight excluding hydrogens is 380 g/mol. The number of carbonyl (C=O) groups excluding carboxylic acids is 2. The topological polar surface area (TPSA) is 108 Å². The van der Waals surface area contributed by atoms with Crippen molar-refractivity contribution in [1.29, 1.82) is 0 Å². The average Bonchev–Trinajstić information content (AvgIpc) is 2.62. The van der Waals surface area contributed by atoms with Gasteiger partial charge in [-0.15, -0.1) is 0 Å². The van der Waals surface area contributed by atoms with E-state index >= 15 is 0 Å². The van der Waals surface area contributed by atoms with Gasteiger partial charge < -0.3 is 10.6 Å². The first kappa shape index (κ1) is 23.1. The minimum atomic E-state index is -0.245. The molecule has 30 heavy (non-hydrogen) atoms. The number of aryl methyl sites for hydroxylation is 4. The monoisotopic (exact) mass is 412 g/mol. The first-order valence-corrected chi connectivity index (χ1v) is 10.3. The third-order valence-corrected chi connectivity index (χ3v) is 4.35. The van der Waals surface area contributed by atoms with Crippen LogP contribution in [0.5, 0.6) is 0 Å². The Morgan fingerprint density at radius 2 is 1.07 bits per heavy atom. The van der Waals surface area contributed by atoms with Crippen molar-refractivity contribution in [3.05, 3.63) is 46.8 Å². The highest BCUT2D eigenvalue weighted by Gasteiger charge is 2.05. The van der Waals surface area contributed by atoms with Crippen LogP contribution in [0.25, 0.3) is 0 Å². The van der Waals surface area contributed by atoms with Gasteiger partial charge in [0.25, 0.3) is 0 Å². The molecular formula is C22H32N6O2. The fourth-order valence-electron chi connectivity index (χ4n) is 3.14. The van der Waals surface area contributed by atoms with Crippen molar-refractivity contribution in [2.45, 2.75) is 53.4 Å². The van der Waals surface area contributed by atoms with Crippen LogP contribution in [0.1, 0.15) is 48.2 Å². The van der Waals surface area contributed by atoms with Crippen molar-refractivity contribution < 1.29 is 9.59 Å². The Hall–Kier alpha value is -3.16. The van der Waals surface area contributed by atoms with Gasteiger partial charge in [-0.1, -0.05) is 12.8 Å². The molecule has 0 aliphatic carbocycles. The van der Waals surface area contributed by atoms with Crippen molar-refractivity contribution >= 4 is 23.7 Å². The lowest BCUT2D eigenvalue weighted by Gasteiger charge is -2.09. The molecule has 8 heteroatoms. The maximum Gasteiger partial charge on any atom is 0.320 e. The first-order valence-electron chi connectivity index (χ1n) is 10.3. The number of hydrogen-bond donors (Lipinski definition) is 4. The van der Waals surface area contributed by atoms with Gasteiger partial charge in [0.05, 0.1) is 0 Å². The molecule has 0 aromatic carbocycles. The molecule has 0 atom stereocenters. The van der Waals surface area contributed by atoms with Crippen molar-refractivity contribution in [2.24, 2.45) is 0 Å². The lowest BCUT2D eigenvalue weighted by atomic mass is 10.2. The molecule has 4 N–H and O–H groups in total. The molecule has 2 heterocycles. The molecule has 2 rings (SSSR count). The zero-order chi connectivity index (χ0) is 21.9. The Morgan fingerprint density at radius 1 is 0.667 bits per heavy atom. The number of nitrogens with zero attached hydrogens (tertiary/aromatic N) is 2. The molecule has 2 aromatic rings. The molecule has 0 aliphatic rings. The molecule has 0 spiro atoms. The Kier molecular flexibility index (Phi) is 9.05. The number of unbranched alkanes of at least 4 members (excludes halogenated alkanes) is 3. The van der Waals surface area contributed by atoms with Gasteiger partial charge in [-0.2, -0.15) is 0 Å². The Balaban J connectivity index is 1.51. The zero-order valence-corrected chi connectivity index (χ0v) is 18.3. The van der Waals surface area contributed by atoms with Crippen LogP contribution in [-0.4, -0.2) is 35.1 Å². The third-order valence-electron chi connectivity index (χ3n) is 4.35. The normalized spacial score (nSPS) is 10.4. The Bertz CT molecular complexity index is 757. The first-order chi connectivity index (χ1) is 14.3. The van der Waals surface area contributed by atoms with Crippen molar-refractivity contribution in [3.8, 4) is 0 Å². The summed E-state index contributed by atoms with van der Waals surface area (Å²) < 4.78 is 0. The summed E-state index contributed by atoms with van der Waals surface area (Å²) in [6, 6.07) is 7.11. The van der Waals surface area contributed by atoms with Crippen molar-refractivity contribution in [2.75, 3.05) is 23.7 Å². The van der Waals surface area contributed by atoms with Gasteiger partial charge in [0.2, 0.25) is 0 Å². The predicted octanol–water partition coefficient (Wildman–Crippen LogP) is 4.21. The lowest BCUT2D eigenvalue weighted by Crippen LogP contribution is -2.30. The number of carbonyl (C=O) groups is 2. The van der Waals surface area contributed by atoms with E-state index in [9.17, 15) is 9.59 Å². The molecule has 0 bridgehead atoms. The van der Waals surface area contributed by atoms with E-state index in [1.165, 1.54) is 0 Å². The highest BCUT2D eigenvalue weighted by molar-refractivity contribution is 5.88. The van der Waals surface area contributed by atoms with E-state index in [1.54, 1.807) is 0 Å². The Morgan fingerprint density at radius 3 is 1.43 bits per heavy atom. The van der Waals surface area contributed by atoms with Crippen molar-refractivity contribution in [3.63, 3.8) is 0 Å². The van der Waals surface area contributed by atoms with Gasteiger partial charge in [0.1, 0.15) is 11.6 Å². The molecule has 0 saturated heterocycles. The standard InChI is InChI=1S/C22H32N6O2/c1-15-11-17(3)25-19(13-15)27-21(29)23-9-7-5-6-8-10-24-22(30)28-20-14-16(2)12-18(4)26-20/h11-14H,5-10H2,1-4H3,(H2,23,25,27,29)(H2,24,26,28,30). The SMILES string of the molecule is Cc1cc(C)nc(NC(=O)NCCCCCCNC(=O)Nc2cc(C)cc(C)n2)c1. The van der Waals surface area contributed by atoms with E-state index in [4.69, 9.17) is 0 Å². The molecule has 0 aliphatic heterocycles. The van der Waals surface area contributed by atoms with Gasteiger partial charge in [-0.3, -0.25) is 10.6 Å². The van der Waals surface area contributed by atoms with Gasteiger partial charge >= 0.3 is 12.1 Å². The molecule has 2 aromatic heterocycles. The summed E-state index contributed by atoms with van der Waals surface area (Å²) >= 11 is 0. The lowest BCUT2D eigenvalue weighted by molar-refractivity contribution is 0.250. The molecule has 162 valence electrons. The second-order valence-electron chi connectivity index (χ2n) is 7.52. The van der Waals surface area contributed by atoms with Crippen LogP contribution in [-0.2, 0) is 0 Å². The summed E-state index contributed by atoms with van der Waals surface area (Å²) in [5.74, 6) is 1.12. The number of nitrogens with one attached hydrogen (secondary N) is 4. The van der Waals surface area contributed by atoms with Gasteiger partial charge in [0.15, 0.2) is 0 Å². The van der Waals surface area contributed by atoms with Gasteiger partial charge in [-0.05, 0) is 75.9 Å². The van der Waals surface area contributed by atoms with Crippen LogP contribution < -0.4 is 21.3 Å². The van der Waals surface area contributed by atoms with Crippen molar-refractivity contribution in [1.82, 2.24) is 20.6 Å². The number of rotatable bonds is 9. The maximum atomic E-state index is 11.9. The quantitative estimate of drug-likeness (QED) is 0.463. The average molecular weight is 413 g/mol. The van der Waals surface area contributed by atoms with Crippen LogP contribution in [0.4, 0.5) is 21.2 Å². The van der Waals surface area contributed by atoms with E-state index in [1.807, 2.05) is 52.0 Å². The number of urea groups is 2. The van der Waals surface area contributed by atoms with Crippen LogP contribution in [0.3, 0.4) is 0 Å². The van der Waals surface area contributed by atoms with Crippen LogP contribution in [0.2, 0.25) is 0 Å². The summed E-state index contributed by atoms with van der Waals surface area (Å²) in [5.41, 5.74) is 3.87. The second-order valence-corrected chi connectivity index (χ2v) is 7.52. The molecule has 0 fully saturated rings. The minimum Gasteiger partial charge on any atom is -0.338 e. The number of aromatic nitrogens is 2. The smallest absolute Gasteiger partial charge is 0.320 e. The van der Waals surface area contributed by atoms with Gasteiger partial charge in [-0.25, -0.2) is 19.6 Å². The Labute approximate surface area is 178 Å². The van der Waals surface area contributed by atoms with E-state index in [-0.39, 0.29) is 12.1 Å². The van der Waals surface area contributed by atoms with E-state index in [0.29, 0.717) is 24.7 Å². The summed E-state index contributed by atoms with van der Waals surface area (Å²) in [4.78, 5) is 32.4. The summed E-state index contributed by atoms with van der Waals surface area (Å²) in [5, 5.41) is 11.2. The number of anilines is 2.